The van der Waals surface area contributed by atoms with Gasteiger partial charge in [-0.2, -0.15) is 0 Å². The van der Waals surface area contributed by atoms with Gasteiger partial charge < -0.3 is 44.4 Å². The molecule has 4 N–H and O–H groups in total. The molecule has 0 aromatic heterocycles. The van der Waals surface area contributed by atoms with Crippen LogP contribution >= 0.6 is 0 Å². The first-order chi connectivity index (χ1) is 13.5. The van der Waals surface area contributed by atoms with Gasteiger partial charge in [-0.05, 0) is 6.42 Å². The first-order valence-electron chi connectivity index (χ1n) is 9.14. The molecule has 0 amide bonds. The van der Waals surface area contributed by atoms with Crippen molar-refractivity contribution in [3.63, 3.8) is 0 Å². The summed E-state index contributed by atoms with van der Waals surface area (Å²) in [4.78, 5) is 20.0. The first kappa shape index (κ1) is 28.9. The predicted molar refractivity (Wildman–Crippen MR) is 99.5 cm³/mol. The first-order valence-corrected chi connectivity index (χ1v) is 9.14. The average Bonchev–Trinajstić information content (AvgIpc) is 2.65. The Hall–Kier alpha value is -1.34. The van der Waals surface area contributed by atoms with Crippen molar-refractivity contribution in [3.05, 3.63) is 0 Å². The highest BCUT2D eigenvalue weighted by molar-refractivity contribution is 5.68. The van der Waals surface area contributed by atoms with Crippen LogP contribution in [0.15, 0.2) is 0 Å². The maximum atomic E-state index is 10.0. The number of aliphatic carboxylic acids is 2. The van der Waals surface area contributed by atoms with Gasteiger partial charge in [0.15, 0.2) is 0 Å². The molecule has 28 heavy (non-hydrogen) atoms. The quantitative estimate of drug-likeness (QED) is 0.223. The summed E-state index contributed by atoms with van der Waals surface area (Å²) in [5, 5.41) is 16.4. The van der Waals surface area contributed by atoms with Crippen LogP contribution in [0.1, 0.15) is 13.3 Å². The van der Waals surface area contributed by atoms with Crippen LogP contribution in [0.2, 0.25) is 0 Å². The molecule has 0 unspecified atom stereocenters. The Kier molecular flexibility index (Phi) is 26.5. The van der Waals surface area contributed by atoms with Crippen molar-refractivity contribution in [1.82, 2.24) is 0 Å². The molecule has 0 aliphatic rings. The molecule has 0 bridgehead atoms. The van der Waals surface area contributed by atoms with Gasteiger partial charge in [0.1, 0.15) is 13.2 Å². The Morgan fingerprint density at radius 2 is 0.929 bits per heavy atom. The molecule has 0 heterocycles. The average molecular weight is 413 g/mol. The van der Waals surface area contributed by atoms with Crippen LogP contribution in [0.5, 0.6) is 0 Å². The van der Waals surface area contributed by atoms with E-state index < -0.39 is 11.9 Å². The minimum Gasteiger partial charge on any atom is -0.480 e. The van der Waals surface area contributed by atoms with Gasteiger partial charge in [0, 0.05) is 13.2 Å². The lowest BCUT2D eigenvalue weighted by atomic mass is 10.5. The SMILES string of the molecule is CCCOCCOCCOCC(=O)O.NCCOCCOCCOCC(=O)O. The molecule has 0 radical (unpaired) electrons. The molecule has 0 saturated heterocycles. The Morgan fingerprint density at radius 3 is 1.25 bits per heavy atom. The largest absolute Gasteiger partial charge is 0.480 e. The predicted octanol–water partition coefficient (Wildman–Crippen LogP) is -0.390. The zero-order valence-electron chi connectivity index (χ0n) is 16.6. The van der Waals surface area contributed by atoms with Crippen molar-refractivity contribution in [1.29, 1.82) is 0 Å². The minimum atomic E-state index is -0.976. The summed E-state index contributed by atoms with van der Waals surface area (Å²) in [5.41, 5.74) is 5.20. The van der Waals surface area contributed by atoms with Gasteiger partial charge in [-0.25, -0.2) is 9.59 Å². The lowest BCUT2D eigenvalue weighted by Crippen LogP contribution is -2.15. The second kappa shape index (κ2) is 25.7. The van der Waals surface area contributed by atoms with Crippen LogP contribution in [0, 0.1) is 0 Å². The molecule has 0 atom stereocenters. The molecule has 0 aliphatic carbocycles. The smallest absolute Gasteiger partial charge is 0.329 e. The number of ether oxygens (including phenoxy) is 6. The zero-order chi connectivity index (χ0) is 21.3. The Morgan fingerprint density at radius 1 is 0.607 bits per heavy atom. The highest BCUT2D eigenvalue weighted by Gasteiger charge is 1.96. The molecular weight excluding hydrogens is 378 g/mol. The third-order valence-electron chi connectivity index (χ3n) is 2.55. The second-order valence-corrected chi connectivity index (χ2v) is 5.13. The van der Waals surface area contributed by atoms with Crippen LogP contribution in [-0.4, -0.2) is 108 Å². The monoisotopic (exact) mass is 413 g/mol. The number of hydrogen-bond acceptors (Lipinski definition) is 9. The fourth-order valence-electron chi connectivity index (χ4n) is 1.43. The third-order valence-corrected chi connectivity index (χ3v) is 2.55. The van der Waals surface area contributed by atoms with E-state index in [0.717, 1.165) is 13.0 Å². The molecule has 0 spiro atoms. The third kappa shape index (κ3) is 32.3. The van der Waals surface area contributed by atoms with Gasteiger partial charge in [-0.15, -0.1) is 0 Å². The fraction of sp³-hybridized carbons (Fsp3) is 0.882. The molecule has 0 aliphatic heterocycles. The maximum absolute atomic E-state index is 10.0. The Labute approximate surface area is 166 Å². The van der Waals surface area contributed by atoms with Crippen LogP contribution in [0.3, 0.4) is 0 Å². The summed E-state index contributed by atoms with van der Waals surface area (Å²) in [7, 11) is 0. The fourth-order valence-corrected chi connectivity index (χ4v) is 1.43. The number of carboxylic acids is 2. The summed E-state index contributed by atoms with van der Waals surface area (Å²) in [6.45, 7) is 6.70. The number of carbonyl (C=O) groups is 2. The summed E-state index contributed by atoms with van der Waals surface area (Å²) >= 11 is 0. The van der Waals surface area contributed by atoms with E-state index >= 15 is 0 Å². The molecule has 0 aromatic carbocycles. The van der Waals surface area contributed by atoms with Crippen molar-refractivity contribution >= 4 is 11.9 Å². The van der Waals surface area contributed by atoms with Gasteiger partial charge in [0.05, 0.1) is 59.5 Å². The van der Waals surface area contributed by atoms with Crippen molar-refractivity contribution < 1.29 is 48.2 Å². The highest BCUT2D eigenvalue weighted by Crippen LogP contribution is 1.83. The van der Waals surface area contributed by atoms with Crippen LogP contribution < -0.4 is 5.73 Å². The van der Waals surface area contributed by atoms with Gasteiger partial charge in [-0.1, -0.05) is 6.92 Å². The van der Waals surface area contributed by atoms with E-state index in [2.05, 4.69) is 0 Å². The van der Waals surface area contributed by atoms with Crippen molar-refractivity contribution in [3.8, 4) is 0 Å². The lowest BCUT2D eigenvalue weighted by molar-refractivity contribution is -0.143. The summed E-state index contributed by atoms with van der Waals surface area (Å²) < 4.78 is 29.9. The number of rotatable bonds is 20. The molecule has 0 saturated carbocycles. The van der Waals surface area contributed by atoms with E-state index in [1.807, 2.05) is 6.92 Å². The normalized spacial score (nSPS) is 10.4. The molecule has 0 fully saturated rings. The van der Waals surface area contributed by atoms with Gasteiger partial charge in [-0.3, -0.25) is 0 Å². The molecule has 0 aromatic rings. The molecular formula is C17H35NO10. The molecule has 11 nitrogen and oxygen atoms in total. The van der Waals surface area contributed by atoms with E-state index in [-0.39, 0.29) is 19.8 Å². The number of nitrogens with two attached hydrogens (primary N) is 1. The van der Waals surface area contributed by atoms with Crippen LogP contribution in [-0.2, 0) is 38.0 Å². The van der Waals surface area contributed by atoms with Gasteiger partial charge >= 0.3 is 11.9 Å². The summed E-state index contributed by atoms with van der Waals surface area (Å²) in [6, 6.07) is 0. The van der Waals surface area contributed by atoms with Crippen LogP contribution in [0.4, 0.5) is 0 Å². The van der Waals surface area contributed by atoms with E-state index in [1.54, 1.807) is 0 Å². The van der Waals surface area contributed by atoms with Crippen molar-refractivity contribution in [2.45, 2.75) is 13.3 Å². The molecule has 11 heteroatoms. The van der Waals surface area contributed by atoms with E-state index in [4.69, 9.17) is 44.4 Å². The number of hydrogen-bond donors (Lipinski definition) is 3. The molecule has 168 valence electrons. The van der Waals surface area contributed by atoms with Crippen molar-refractivity contribution in [2.24, 2.45) is 5.73 Å². The topological polar surface area (TPSA) is 156 Å². The maximum Gasteiger partial charge on any atom is 0.329 e. The highest BCUT2D eigenvalue weighted by atomic mass is 16.6. The van der Waals surface area contributed by atoms with E-state index in [1.165, 1.54) is 0 Å². The van der Waals surface area contributed by atoms with Gasteiger partial charge in [0.25, 0.3) is 0 Å². The van der Waals surface area contributed by atoms with Gasteiger partial charge in [0.2, 0.25) is 0 Å². The van der Waals surface area contributed by atoms with E-state index in [9.17, 15) is 9.59 Å². The second-order valence-electron chi connectivity index (χ2n) is 5.13. The Balaban J connectivity index is 0. The van der Waals surface area contributed by atoms with Crippen molar-refractivity contribution in [2.75, 3.05) is 85.8 Å². The summed E-state index contributed by atoms with van der Waals surface area (Å²) in [5.74, 6) is -1.94. The standard InChI is InChI=1S/C9H18O5.C8H17NO5/c1-2-3-12-4-5-13-6-7-14-8-9(10)11;9-1-2-12-3-4-13-5-6-14-7-8(10)11/h2-8H2,1H3,(H,10,11);1-7,9H2,(H,10,11). The zero-order valence-corrected chi connectivity index (χ0v) is 16.6. The minimum absolute atomic E-state index is 0.268. The lowest BCUT2D eigenvalue weighted by Gasteiger charge is -2.04. The molecule has 0 rings (SSSR count). The Bertz CT molecular complexity index is 312. The summed E-state index contributed by atoms with van der Waals surface area (Å²) in [6.07, 6.45) is 1.00. The number of carboxylic acid groups (broad SMARTS) is 2. The van der Waals surface area contributed by atoms with Crippen LogP contribution in [0.25, 0.3) is 0 Å². The van der Waals surface area contributed by atoms with E-state index in [0.29, 0.717) is 59.4 Å².